The molecule has 1 aliphatic heterocycles. The molecular formula is C14H17BrN4. The van der Waals surface area contributed by atoms with Gasteiger partial charge >= 0.3 is 0 Å². The number of aromatic nitrogens is 2. The SMILES string of the molecule is Cc1cc(N2CCNCC2)nn1-c1ccc(Br)cc1. The summed E-state index contributed by atoms with van der Waals surface area (Å²) in [5.41, 5.74) is 2.26. The lowest BCUT2D eigenvalue weighted by molar-refractivity contribution is 0.583. The summed E-state index contributed by atoms with van der Waals surface area (Å²) in [5.74, 6) is 1.07. The fourth-order valence-corrected chi connectivity index (χ4v) is 2.61. The molecule has 0 bridgehead atoms. The summed E-state index contributed by atoms with van der Waals surface area (Å²) in [4.78, 5) is 2.33. The van der Waals surface area contributed by atoms with Crippen molar-refractivity contribution in [3.63, 3.8) is 0 Å². The van der Waals surface area contributed by atoms with Gasteiger partial charge in [-0.1, -0.05) is 15.9 Å². The van der Waals surface area contributed by atoms with Gasteiger partial charge in [0.15, 0.2) is 5.82 Å². The molecular weight excluding hydrogens is 304 g/mol. The summed E-state index contributed by atoms with van der Waals surface area (Å²) < 4.78 is 3.09. The van der Waals surface area contributed by atoms with Crippen LogP contribution < -0.4 is 10.2 Å². The molecule has 100 valence electrons. The largest absolute Gasteiger partial charge is 0.353 e. The van der Waals surface area contributed by atoms with Crippen LogP contribution in [0.3, 0.4) is 0 Å². The first-order valence-electron chi connectivity index (χ1n) is 6.52. The Kier molecular flexibility index (Phi) is 3.57. The second-order valence-corrected chi connectivity index (χ2v) is 5.68. The molecule has 1 aliphatic rings. The van der Waals surface area contributed by atoms with Gasteiger partial charge in [0.1, 0.15) is 0 Å². The highest BCUT2D eigenvalue weighted by atomic mass is 79.9. The normalized spacial score (nSPS) is 15.8. The van der Waals surface area contributed by atoms with Gasteiger partial charge in [0, 0.05) is 42.4 Å². The van der Waals surface area contributed by atoms with Crippen molar-refractivity contribution in [3.8, 4) is 5.69 Å². The molecule has 1 fully saturated rings. The van der Waals surface area contributed by atoms with Crippen molar-refractivity contribution in [3.05, 3.63) is 40.5 Å². The zero-order valence-electron chi connectivity index (χ0n) is 10.9. The predicted octanol–water partition coefficient (Wildman–Crippen LogP) is 2.35. The Morgan fingerprint density at radius 3 is 2.53 bits per heavy atom. The molecule has 0 aliphatic carbocycles. The van der Waals surface area contributed by atoms with E-state index in [-0.39, 0.29) is 0 Å². The molecule has 5 heteroatoms. The number of piperazine rings is 1. The van der Waals surface area contributed by atoms with E-state index < -0.39 is 0 Å². The molecule has 0 radical (unpaired) electrons. The Morgan fingerprint density at radius 2 is 1.84 bits per heavy atom. The minimum Gasteiger partial charge on any atom is -0.353 e. The summed E-state index contributed by atoms with van der Waals surface area (Å²) in [6.07, 6.45) is 0. The Labute approximate surface area is 121 Å². The third-order valence-corrected chi connectivity index (χ3v) is 3.92. The number of hydrogen-bond donors (Lipinski definition) is 1. The summed E-state index contributed by atoms with van der Waals surface area (Å²) in [6.45, 7) is 6.21. The molecule has 0 amide bonds. The number of nitrogens with zero attached hydrogens (tertiary/aromatic N) is 3. The maximum Gasteiger partial charge on any atom is 0.151 e. The van der Waals surface area contributed by atoms with Crippen LogP contribution in [0.5, 0.6) is 0 Å². The number of aryl methyl sites for hydroxylation is 1. The van der Waals surface area contributed by atoms with E-state index in [1.165, 1.54) is 0 Å². The minimum absolute atomic E-state index is 1.02. The molecule has 3 rings (SSSR count). The smallest absolute Gasteiger partial charge is 0.151 e. The van der Waals surface area contributed by atoms with E-state index in [1.807, 2.05) is 16.8 Å². The maximum absolute atomic E-state index is 4.73. The number of benzene rings is 1. The van der Waals surface area contributed by atoms with Crippen LogP contribution in [0.4, 0.5) is 5.82 Å². The molecule has 0 spiro atoms. The van der Waals surface area contributed by atoms with E-state index in [0.717, 1.165) is 47.9 Å². The molecule has 0 unspecified atom stereocenters. The van der Waals surface area contributed by atoms with Crippen LogP contribution in [-0.4, -0.2) is 36.0 Å². The summed E-state index contributed by atoms with van der Waals surface area (Å²) in [6, 6.07) is 10.4. The van der Waals surface area contributed by atoms with E-state index in [4.69, 9.17) is 5.10 Å². The Bertz CT molecular complexity index is 555. The molecule has 4 nitrogen and oxygen atoms in total. The third kappa shape index (κ3) is 2.67. The van der Waals surface area contributed by atoms with Crippen molar-refractivity contribution in [2.24, 2.45) is 0 Å². The average molecular weight is 321 g/mol. The van der Waals surface area contributed by atoms with Crippen molar-refractivity contribution in [1.82, 2.24) is 15.1 Å². The monoisotopic (exact) mass is 320 g/mol. The van der Waals surface area contributed by atoms with Gasteiger partial charge in [-0.2, -0.15) is 5.10 Å². The van der Waals surface area contributed by atoms with Crippen LogP contribution in [0.25, 0.3) is 5.69 Å². The van der Waals surface area contributed by atoms with E-state index in [2.05, 4.69) is 51.3 Å². The lowest BCUT2D eigenvalue weighted by Crippen LogP contribution is -2.43. The number of rotatable bonds is 2. The molecule has 1 saturated heterocycles. The van der Waals surface area contributed by atoms with Gasteiger partial charge in [-0.25, -0.2) is 4.68 Å². The summed E-state index contributed by atoms with van der Waals surface area (Å²) in [7, 11) is 0. The zero-order valence-corrected chi connectivity index (χ0v) is 12.5. The number of anilines is 1. The molecule has 2 heterocycles. The van der Waals surface area contributed by atoms with Gasteiger partial charge in [-0.15, -0.1) is 0 Å². The summed E-state index contributed by atoms with van der Waals surface area (Å²) >= 11 is 3.46. The zero-order chi connectivity index (χ0) is 13.2. The minimum atomic E-state index is 1.02. The van der Waals surface area contributed by atoms with Crippen molar-refractivity contribution < 1.29 is 0 Å². The molecule has 0 saturated carbocycles. The lowest BCUT2D eigenvalue weighted by Gasteiger charge is -2.27. The first-order chi connectivity index (χ1) is 9.24. The predicted molar refractivity (Wildman–Crippen MR) is 81.1 cm³/mol. The third-order valence-electron chi connectivity index (χ3n) is 3.39. The van der Waals surface area contributed by atoms with Crippen LogP contribution in [0.1, 0.15) is 5.69 Å². The number of hydrogen-bond acceptors (Lipinski definition) is 3. The quantitative estimate of drug-likeness (QED) is 0.922. The molecule has 1 aromatic heterocycles. The van der Waals surface area contributed by atoms with Gasteiger partial charge in [0.2, 0.25) is 0 Å². The van der Waals surface area contributed by atoms with Crippen molar-refractivity contribution in [2.75, 3.05) is 31.1 Å². The van der Waals surface area contributed by atoms with E-state index in [0.29, 0.717) is 0 Å². The van der Waals surface area contributed by atoms with Gasteiger partial charge in [-0.3, -0.25) is 0 Å². The topological polar surface area (TPSA) is 33.1 Å². The highest BCUT2D eigenvalue weighted by Crippen LogP contribution is 2.20. The second-order valence-electron chi connectivity index (χ2n) is 4.77. The Hall–Kier alpha value is -1.33. The average Bonchev–Trinajstić information content (AvgIpc) is 2.83. The molecule has 1 N–H and O–H groups in total. The second kappa shape index (κ2) is 5.35. The van der Waals surface area contributed by atoms with Crippen molar-refractivity contribution >= 4 is 21.7 Å². The van der Waals surface area contributed by atoms with Gasteiger partial charge in [0.25, 0.3) is 0 Å². The Morgan fingerprint density at radius 1 is 1.16 bits per heavy atom. The number of nitrogens with one attached hydrogen (secondary N) is 1. The molecule has 1 aromatic carbocycles. The van der Waals surface area contributed by atoms with Gasteiger partial charge in [0.05, 0.1) is 5.69 Å². The molecule has 0 atom stereocenters. The molecule has 19 heavy (non-hydrogen) atoms. The van der Waals surface area contributed by atoms with E-state index in [1.54, 1.807) is 0 Å². The lowest BCUT2D eigenvalue weighted by atomic mass is 10.3. The first-order valence-corrected chi connectivity index (χ1v) is 7.31. The van der Waals surface area contributed by atoms with Crippen molar-refractivity contribution in [2.45, 2.75) is 6.92 Å². The van der Waals surface area contributed by atoms with Crippen LogP contribution >= 0.6 is 15.9 Å². The van der Waals surface area contributed by atoms with Crippen LogP contribution in [0.2, 0.25) is 0 Å². The summed E-state index contributed by atoms with van der Waals surface area (Å²) in [5, 5.41) is 8.10. The van der Waals surface area contributed by atoms with Crippen molar-refractivity contribution in [1.29, 1.82) is 0 Å². The standard InChI is InChI=1S/C14H17BrN4/c1-11-10-14(18-8-6-16-7-9-18)17-19(11)13-4-2-12(15)3-5-13/h2-5,10,16H,6-9H2,1H3. The number of halogens is 1. The van der Waals surface area contributed by atoms with Gasteiger partial charge in [-0.05, 0) is 31.2 Å². The maximum atomic E-state index is 4.73. The van der Waals surface area contributed by atoms with Gasteiger partial charge < -0.3 is 10.2 Å². The van der Waals surface area contributed by atoms with E-state index >= 15 is 0 Å². The van der Waals surface area contributed by atoms with Crippen LogP contribution in [0, 0.1) is 6.92 Å². The highest BCUT2D eigenvalue weighted by Gasteiger charge is 2.15. The highest BCUT2D eigenvalue weighted by molar-refractivity contribution is 9.10. The van der Waals surface area contributed by atoms with Crippen LogP contribution in [-0.2, 0) is 0 Å². The van der Waals surface area contributed by atoms with Crippen LogP contribution in [0.15, 0.2) is 34.8 Å². The first kappa shape index (κ1) is 12.7. The fourth-order valence-electron chi connectivity index (χ4n) is 2.35. The van der Waals surface area contributed by atoms with E-state index in [9.17, 15) is 0 Å². The fraction of sp³-hybridized carbons (Fsp3) is 0.357. The Balaban J connectivity index is 1.90. The molecule has 2 aromatic rings.